The molecule has 3 aliphatic heterocycles. The van der Waals surface area contributed by atoms with Gasteiger partial charge in [0.2, 0.25) is 11.8 Å². The predicted molar refractivity (Wildman–Crippen MR) is 145 cm³/mol. The number of nitrogens with one attached hydrogen (secondary N) is 2. The van der Waals surface area contributed by atoms with Gasteiger partial charge in [-0.15, -0.1) is 0 Å². The lowest BCUT2D eigenvalue weighted by atomic mass is 9.95. The molecule has 10 nitrogen and oxygen atoms in total. The Morgan fingerprint density at radius 2 is 1.85 bits per heavy atom. The number of cyclic esters (lactones) is 1. The van der Waals surface area contributed by atoms with Gasteiger partial charge in [0.1, 0.15) is 17.0 Å². The van der Waals surface area contributed by atoms with E-state index in [1.165, 1.54) is 0 Å². The second-order valence-corrected chi connectivity index (χ2v) is 10.6. The molecular formula is C29H31N5O5. The van der Waals surface area contributed by atoms with Gasteiger partial charge >= 0.3 is 5.97 Å². The van der Waals surface area contributed by atoms with Gasteiger partial charge in [0.15, 0.2) is 0 Å². The van der Waals surface area contributed by atoms with Crippen LogP contribution in [0.2, 0.25) is 0 Å². The van der Waals surface area contributed by atoms with Crippen LogP contribution in [0.1, 0.15) is 59.8 Å². The van der Waals surface area contributed by atoms with E-state index in [0.717, 1.165) is 29.7 Å². The summed E-state index contributed by atoms with van der Waals surface area (Å²) in [5, 5.41) is 16.8. The highest BCUT2D eigenvalue weighted by atomic mass is 16.6. The fourth-order valence-corrected chi connectivity index (χ4v) is 5.19. The van der Waals surface area contributed by atoms with Crippen molar-refractivity contribution >= 4 is 29.3 Å². The highest BCUT2D eigenvalue weighted by molar-refractivity contribution is 6.00. The minimum Gasteiger partial charge on any atom is -0.469 e. The van der Waals surface area contributed by atoms with Gasteiger partial charge in [-0.3, -0.25) is 0 Å². The predicted octanol–water partition coefficient (Wildman–Crippen LogP) is 4.10. The topological polar surface area (TPSA) is 127 Å². The number of benzene rings is 2. The first-order valence-electron chi connectivity index (χ1n) is 13.1. The van der Waals surface area contributed by atoms with E-state index in [4.69, 9.17) is 24.2 Å². The lowest BCUT2D eigenvalue weighted by Gasteiger charge is -2.32. The van der Waals surface area contributed by atoms with E-state index < -0.39 is 11.6 Å². The number of carbonyl (C=O) groups is 1. The number of aliphatic hydroxyl groups excluding tert-OH is 1. The summed E-state index contributed by atoms with van der Waals surface area (Å²) in [5.74, 6) is 0.974. The summed E-state index contributed by atoms with van der Waals surface area (Å²) in [6, 6.07) is 14.7. The van der Waals surface area contributed by atoms with Gasteiger partial charge in [0.05, 0.1) is 43.5 Å². The Kier molecular flexibility index (Phi) is 6.44. The molecule has 10 heteroatoms. The van der Waals surface area contributed by atoms with Crippen molar-refractivity contribution in [1.29, 1.82) is 0 Å². The quantitative estimate of drug-likeness (QED) is 0.388. The van der Waals surface area contributed by atoms with Crippen molar-refractivity contribution < 1.29 is 24.1 Å². The number of hydrogen-bond acceptors (Lipinski definition) is 10. The number of hydrogen-bond donors (Lipinski definition) is 3. The van der Waals surface area contributed by atoms with E-state index in [1.807, 2.05) is 50.2 Å². The van der Waals surface area contributed by atoms with Crippen molar-refractivity contribution in [3.05, 3.63) is 77.0 Å². The van der Waals surface area contributed by atoms with Gasteiger partial charge in [0.25, 0.3) is 0 Å². The molecule has 3 N–H and O–H groups in total. The van der Waals surface area contributed by atoms with E-state index in [0.29, 0.717) is 48.5 Å². The number of esters is 1. The molecule has 0 unspecified atom stereocenters. The third-order valence-electron chi connectivity index (χ3n) is 7.43. The van der Waals surface area contributed by atoms with E-state index in [-0.39, 0.29) is 18.2 Å². The van der Waals surface area contributed by atoms with Crippen molar-refractivity contribution in [3.63, 3.8) is 0 Å². The Morgan fingerprint density at radius 1 is 1.05 bits per heavy atom. The first kappa shape index (κ1) is 25.3. The molecule has 0 saturated carbocycles. The molecular weight excluding hydrogens is 498 g/mol. The second-order valence-electron chi connectivity index (χ2n) is 10.6. The Hall–Kier alpha value is -4.02. The maximum absolute atomic E-state index is 12.2. The standard InChI is InChI=1S/C29H31N5O5/c1-28(2)22-14-19(8-9-20(22)26(36)39-28)32-27-30-15-21(25-31-17-29(38-25)10-12-37-13-11-29)24(34-27)33-23(16-35)18-6-4-3-5-7-18/h3-9,14-15,23,35H,10-13,16-17H2,1-2H3,(H2,30,32,33,34)/t23-/m1/s1. The Balaban J connectivity index is 1.32. The van der Waals surface area contributed by atoms with Gasteiger partial charge in [-0.05, 0) is 37.6 Å². The van der Waals surface area contributed by atoms with Crippen molar-refractivity contribution in [2.24, 2.45) is 4.99 Å². The largest absolute Gasteiger partial charge is 0.469 e. The van der Waals surface area contributed by atoms with Crippen LogP contribution in [0, 0.1) is 0 Å². The number of ether oxygens (including phenoxy) is 3. The zero-order chi connectivity index (χ0) is 27.0. The molecule has 1 saturated heterocycles. The number of carbonyl (C=O) groups excluding carboxylic acids is 1. The fraction of sp³-hybridized carbons (Fsp3) is 0.379. The summed E-state index contributed by atoms with van der Waals surface area (Å²) in [6.45, 7) is 5.42. The Labute approximate surface area is 226 Å². The van der Waals surface area contributed by atoms with Crippen LogP contribution in [0.3, 0.4) is 0 Å². The smallest absolute Gasteiger partial charge is 0.339 e. The third kappa shape index (κ3) is 4.93. The molecule has 4 heterocycles. The average Bonchev–Trinajstić information content (AvgIpc) is 3.44. The molecule has 0 amide bonds. The van der Waals surface area contributed by atoms with E-state index >= 15 is 0 Å². The van der Waals surface area contributed by atoms with Gasteiger partial charge < -0.3 is 30.0 Å². The summed E-state index contributed by atoms with van der Waals surface area (Å²) in [5.41, 5.74) is 2.52. The molecule has 39 heavy (non-hydrogen) atoms. The second kappa shape index (κ2) is 9.94. The van der Waals surface area contributed by atoms with Crippen LogP contribution in [-0.4, -0.2) is 58.9 Å². The summed E-state index contributed by atoms with van der Waals surface area (Å²) >= 11 is 0. The zero-order valence-corrected chi connectivity index (χ0v) is 21.9. The lowest BCUT2D eigenvalue weighted by Crippen LogP contribution is -2.39. The van der Waals surface area contributed by atoms with Crippen LogP contribution in [0.4, 0.5) is 17.5 Å². The van der Waals surface area contributed by atoms with E-state index in [1.54, 1.807) is 18.3 Å². The van der Waals surface area contributed by atoms with E-state index in [9.17, 15) is 9.90 Å². The van der Waals surface area contributed by atoms with Crippen LogP contribution in [0.15, 0.2) is 59.7 Å². The van der Waals surface area contributed by atoms with Gasteiger partial charge in [0, 0.05) is 30.3 Å². The molecule has 1 spiro atoms. The van der Waals surface area contributed by atoms with Gasteiger partial charge in [-0.1, -0.05) is 30.3 Å². The molecule has 3 aliphatic rings. The summed E-state index contributed by atoms with van der Waals surface area (Å²) < 4.78 is 17.4. The molecule has 0 aliphatic carbocycles. The molecule has 1 fully saturated rings. The van der Waals surface area contributed by atoms with Crippen molar-refractivity contribution in [2.45, 2.75) is 43.9 Å². The first-order valence-corrected chi connectivity index (χ1v) is 13.1. The van der Waals surface area contributed by atoms with E-state index in [2.05, 4.69) is 15.6 Å². The number of aliphatic hydroxyl groups is 1. The van der Waals surface area contributed by atoms with Crippen LogP contribution in [0.25, 0.3) is 0 Å². The summed E-state index contributed by atoms with van der Waals surface area (Å²) in [7, 11) is 0. The van der Waals surface area contributed by atoms with Crippen molar-refractivity contribution in [2.75, 3.05) is 37.0 Å². The van der Waals surface area contributed by atoms with Gasteiger partial charge in [-0.25, -0.2) is 14.8 Å². The highest BCUT2D eigenvalue weighted by Gasteiger charge is 2.41. The molecule has 6 rings (SSSR count). The molecule has 1 aromatic heterocycles. The molecule has 2 aromatic carbocycles. The van der Waals surface area contributed by atoms with Crippen LogP contribution < -0.4 is 10.6 Å². The lowest BCUT2D eigenvalue weighted by molar-refractivity contribution is -0.0358. The number of aromatic nitrogens is 2. The number of aliphatic imine (C=N–C) groups is 1. The molecule has 202 valence electrons. The number of nitrogens with zero attached hydrogens (tertiary/aromatic N) is 3. The Morgan fingerprint density at radius 3 is 2.62 bits per heavy atom. The SMILES string of the molecule is CC1(C)OC(=O)c2ccc(Nc3ncc(C4=NCC5(CCOCC5)O4)c(N[C@H](CO)c4ccccc4)n3)cc21. The minimum atomic E-state index is -0.719. The fourth-order valence-electron chi connectivity index (χ4n) is 5.19. The van der Waals surface area contributed by atoms with Crippen LogP contribution in [0.5, 0.6) is 0 Å². The summed E-state index contributed by atoms with van der Waals surface area (Å²) in [6.07, 6.45) is 3.22. The van der Waals surface area contributed by atoms with Crippen LogP contribution in [-0.2, 0) is 19.8 Å². The maximum Gasteiger partial charge on any atom is 0.339 e. The number of rotatable bonds is 7. The first-order chi connectivity index (χ1) is 18.9. The third-order valence-corrected chi connectivity index (χ3v) is 7.43. The average molecular weight is 530 g/mol. The maximum atomic E-state index is 12.2. The van der Waals surface area contributed by atoms with Crippen LogP contribution >= 0.6 is 0 Å². The van der Waals surface area contributed by atoms with Crippen molar-refractivity contribution in [3.8, 4) is 0 Å². The zero-order valence-electron chi connectivity index (χ0n) is 21.9. The monoisotopic (exact) mass is 529 g/mol. The molecule has 0 bridgehead atoms. The Bertz CT molecular complexity index is 1420. The van der Waals surface area contributed by atoms with Crippen molar-refractivity contribution in [1.82, 2.24) is 9.97 Å². The minimum absolute atomic E-state index is 0.140. The normalized spacial score (nSPS) is 19.6. The highest BCUT2D eigenvalue weighted by Crippen LogP contribution is 2.38. The number of anilines is 3. The number of fused-ring (bicyclic) bond motifs is 1. The molecule has 3 aromatic rings. The molecule has 0 radical (unpaired) electrons. The molecule has 1 atom stereocenters. The summed E-state index contributed by atoms with van der Waals surface area (Å²) in [4.78, 5) is 26.2. The van der Waals surface area contributed by atoms with Gasteiger partial charge in [-0.2, -0.15) is 4.98 Å².